The second-order valence-electron chi connectivity index (χ2n) is 4.59. The van der Waals surface area contributed by atoms with Gasteiger partial charge in [-0.25, -0.2) is 4.68 Å². The number of aromatic nitrogens is 4. The standard InChI is InChI=1S/C11H18N6O2S/c1-8-10(19)12-5-3-6-17(8)9(18)4-7-20-11-13-14-15-16(11)2/h8H,3-7H2,1-2H3,(H,12,19). The Morgan fingerprint density at radius 1 is 1.55 bits per heavy atom. The van der Waals surface area contributed by atoms with Gasteiger partial charge in [0.15, 0.2) is 0 Å². The van der Waals surface area contributed by atoms with E-state index in [4.69, 9.17) is 0 Å². The van der Waals surface area contributed by atoms with Crippen LogP contribution in [-0.4, -0.2) is 61.8 Å². The average Bonchev–Trinajstić information content (AvgIpc) is 2.75. The van der Waals surface area contributed by atoms with Gasteiger partial charge in [0.05, 0.1) is 0 Å². The van der Waals surface area contributed by atoms with Crippen molar-refractivity contribution >= 4 is 23.6 Å². The van der Waals surface area contributed by atoms with Gasteiger partial charge in [0.1, 0.15) is 6.04 Å². The smallest absolute Gasteiger partial charge is 0.242 e. The SMILES string of the molecule is CC1C(=O)NCCCN1C(=O)CCSc1nnnn1C. The molecular formula is C11H18N6O2S. The highest BCUT2D eigenvalue weighted by atomic mass is 32.2. The van der Waals surface area contributed by atoms with Crippen molar-refractivity contribution in [2.45, 2.75) is 31.0 Å². The molecule has 1 unspecified atom stereocenters. The molecule has 0 spiro atoms. The molecule has 20 heavy (non-hydrogen) atoms. The van der Waals surface area contributed by atoms with Crippen molar-refractivity contribution in [1.29, 1.82) is 0 Å². The third kappa shape index (κ3) is 3.47. The first-order valence-electron chi connectivity index (χ1n) is 6.52. The Hall–Kier alpha value is -1.64. The molecule has 2 amide bonds. The van der Waals surface area contributed by atoms with E-state index in [1.165, 1.54) is 11.8 Å². The van der Waals surface area contributed by atoms with Crippen LogP contribution in [0.2, 0.25) is 0 Å². The van der Waals surface area contributed by atoms with Gasteiger partial charge in [-0.3, -0.25) is 9.59 Å². The molecule has 8 nitrogen and oxygen atoms in total. The number of hydrogen-bond acceptors (Lipinski definition) is 6. The molecule has 9 heteroatoms. The Morgan fingerprint density at radius 2 is 2.35 bits per heavy atom. The lowest BCUT2D eigenvalue weighted by Crippen LogP contribution is -2.45. The minimum atomic E-state index is -0.397. The number of thioether (sulfide) groups is 1. The van der Waals surface area contributed by atoms with Crippen LogP contribution in [0.1, 0.15) is 19.8 Å². The van der Waals surface area contributed by atoms with Crippen LogP contribution in [0.4, 0.5) is 0 Å². The van der Waals surface area contributed by atoms with E-state index in [1.54, 1.807) is 23.6 Å². The van der Waals surface area contributed by atoms with Crippen molar-refractivity contribution in [3.63, 3.8) is 0 Å². The zero-order valence-electron chi connectivity index (χ0n) is 11.6. The van der Waals surface area contributed by atoms with Gasteiger partial charge in [0, 0.05) is 32.3 Å². The van der Waals surface area contributed by atoms with Crippen LogP contribution in [0.15, 0.2) is 5.16 Å². The van der Waals surface area contributed by atoms with E-state index in [-0.39, 0.29) is 11.8 Å². The number of nitrogens with one attached hydrogen (secondary N) is 1. The summed E-state index contributed by atoms with van der Waals surface area (Å²) in [5.41, 5.74) is 0. The topological polar surface area (TPSA) is 93.0 Å². The molecule has 2 rings (SSSR count). The Bertz CT molecular complexity index is 491. The molecule has 110 valence electrons. The first-order chi connectivity index (χ1) is 9.59. The van der Waals surface area contributed by atoms with Crippen LogP contribution >= 0.6 is 11.8 Å². The van der Waals surface area contributed by atoms with Gasteiger partial charge in [-0.15, -0.1) is 5.10 Å². The molecule has 0 bridgehead atoms. The molecule has 1 fully saturated rings. The molecular weight excluding hydrogens is 280 g/mol. The molecule has 0 saturated carbocycles. The van der Waals surface area contributed by atoms with E-state index in [2.05, 4.69) is 20.8 Å². The lowest BCUT2D eigenvalue weighted by Gasteiger charge is -2.25. The lowest BCUT2D eigenvalue weighted by atomic mass is 10.2. The number of carbonyl (C=O) groups is 2. The van der Waals surface area contributed by atoms with Crippen LogP contribution < -0.4 is 5.32 Å². The van der Waals surface area contributed by atoms with Gasteiger partial charge in [0.2, 0.25) is 17.0 Å². The van der Waals surface area contributed by atoms with Gasteiger partial charge >= 0.3 is 0 Å². The highest BCUT2D eigenvalue weighted by molar-refractivity contribution is 7.99. The van der Waals surface area contributed by atoms with E-state index in [0.29, 0.717) is 30.4 Å². The molecule has 0 radical (unpaired) electrons. The zero-order chi connectivity index (χ0) is 14.5. The normalized spacial score (nSPS) is 19.6. The summed E-state index contributed by atoms with van der Waals surface area (Å²) in [4.78, 5) is 25.5. The Balaban J connectivity index is 1.84. The number of aryl methyl sites for hydroxylation is 1. The number of amides is 2. The third-order valence-corrected chi connectivity index (χ3v) is 4.18. The van der Waals surface area contributed by atoms with Crippen LogP contribution in [0, 0.1) is 0 Å². The van der Waals surface area contributed by atoms with Crippen LogP contribution in [0.3, 0.4) is 0 Å². The van der Waals surface area contributed by atoms with Crippen molar-refractivity contribution in [3.8, 4) is 0 Å². The van der Waals surface area contributed by atoms with Gasteiger partial charge in [0.25, 0.3) is 0 Å². The number of tetrazole rings is 1. The molecule has 0 aromatic carbocycles. The summed E-state index contributed by atoms with van der Waals surface area (Å²) in [6, 6.07) is -0.397. The lowest BCUT2D eigenvalue weighted by molar-refractivity contribution is -0.138. The zero-order valence-corrected chi connectivity index (χ0v) is 12.4. The monoisotopic (exact) mass is 298 g/mol. The number of hydrogen-bond donors (Lipinski definition) is 1. The Kier molecular flexibility index (Phi) is 4.94. The minimum Gasteiger partial charge on any atom is -0.354 e. The summed E-state index contributed by atoms with van der Waals surface area (Å²) in [5, 5.41) is 14.6. The molecule has 1 saturated heterocycles. The molecule has 2 heterocycles. The molecule has 1 N–H and O–H groups in total. The highest BCUT2D eigenvalue weighted by Crippen LogP contribution is 2.15. The quantitative estimate of drug-likeness (QED) is 0.748. The van der Waals surface area contributed by atoms with Gasteiger partial charge in [-0.05, 0) is 23.8 Å². The average molecular weight is 298 g/mol. The van der Waals surface area contributed by atoms with Crippen molar-refractivity contribution in [1.82, 2.24) is 30.4 Å². The van der Waals surface area contributed by atoms with E-state index in [0.717, 1.165) is 6.42 Å². The summed E-state index contributed by atoms with van der Waals surface area (Å²) in [6.45, 7) is 3.01. The largest absolute Gasteiger partial charge is 0.354 e. The van der Waals surface area contributed by atoms with Gasteiger partial charge < -0.3 is 10.2 Å². The molecule has 1 aromatic heterocycles. The van der Waals surface area contributed by atoms with Crippen molar-refractivity contribution < 1.29 is 9.59 Å². The highest BCUT2D eigenvalue weighted by Gasteiger charge is 2.27. The summed E-state index contributed by atoms with van der Waals surface area (Å²) in [5.74, 6) is 0.510. The molecule has 1 aliphatic rings. The fourth-order valence-electron chi connectivity index (χ4n) is 2.00. The molecule has 1 aromatic rings. The predicted octanol–water partition coefficient (Wildman–Crippen LogP) is -0.571. The Morgan fingerprint density at radius 3 is 3.05 bits per heavy atom. The Labute approximate surface area is 121 Å². The van der Waals surface area contributed by atoms with Crippen molar-refractivity contribution in [2.75, 3.05) is 18.8 Å². The first kappa shape index (κ1) is 14.8. The van der Waals surface area contributed by atoms with Crippen molar-refractivity contribution in [3.05, 3.63) is 0 Å². The molecule has 1 aliphatic heterocycles. The van der Waals surface area contributed by atoms with E-state index >= 15 is 0 Å². The van der Waals surface area contributed by atoms with Crippen molar-refractivity contribution in [2.24, 2.45) is 7.05 Å². The minimum absolute atomic E-state index is 0.00261. The first-order valence-corrected chi connectivity index (χ1v) is 7.50. The van der Waals surface area contributed by atoms with E-state index < -0.39 is 6.04 Å². The fourth-order valence-corrected chi connectivity index (χ4v) is 2.78. The number of rotatable bonds is 4. The van der Waals surface area contributed by atoms with Gasteiger partial charge in [-0.2, -0.15) is 0 Å². The maximum atomic E-state index is 12.2. The maximum absolute atomic E-state index is 12.2. The third-order valence-electron chi connectivity index (χ3n) is 3.17. The van der Waals surface area contributed by atoms with Gasteiger partial charge in [-0.1, -0.05) is 11.8 Å². The summed E-state index contributed by atoms with van der Waals surface area (Å²) in [7, 11) is 1.76. The molecule has 0 aliphatic carbocycles. The summed E-state index contributed by atoms with van der Waals surface area (Å²) < 4.78 is 1.57. The second-order valence-corrected chi connectivity index (χ2v) is 5.65. The second kappa shape index (κ2) is 6.69. The van der Waals surface area contributed by atoms with E-state index in [9.17, 15) is 9.59 Å². The number of nitrogens with zero attached hydrogens (tertiary/aromatic N) is 5. The molecule has 1 atom stereocenters. The summed E-state index contributed by atoms with van der Waals surface area (Å²) >= 11 is 1.43. The fraction of sp³-hybridized carbons (Fsp3) is 0.727. The summed E-state index contributed by atoms with van der Waals surface area (Å²) in [6.07, 6.45) is 1.16. The predicted molar refractivity (Wildman–Crippen MR) is 72.9 cm³/mol. The van der Waals surface area contributed by atoms with Crippen LogP contribution in [0.5, 0.6) is 0 Å². The van der Waals surface area contributed by atoms with E-state index in [1.807, 2.05) is 0 Å². The maximum Gasteiger partial charge on any atom is 0.242 e. The van der Waals surface area contributed by atoms with Crippen LogP contribution in [-0.2, 0) is 16.6 Å². The number of carbonyl (C=O) groups excluding carboxylic acids is 2. The van der Waals surface area contributed by atoms with Crippen LogP contribution in [0.25, 0.3) is 0 Å².